The van der Waals surface area contributed by atoms with Crippen LogP contribution in [0.25, 0.3) is 0 Å². The number of halogens is 8. The van der Waals surface area contributed by atoms with Gasteiger partial charge >= 0.3 is 0 Å². The van der Waals surface area contributed by atoms with Crippen molar-refractivity contribution in [3.05, 3.63) is 112 Å². The van der Waals surface area contributed by atoms with Crippen molar-refractivity contribution >= 4 is 103 Å². The Labute approximate surface area is 361 Å². The van der Waals surface area contributed by atoms with E-state index in [4.69, 9.17) is 47.8 Å². The van der Waals surface area contributed by atoms with Crippen LogP contribution in [0.1, 0.15) is 20.7 Å². The lowest BCUT2D eigenvalue weighted by molar-refractivity contribution is -0.0363. The molecular formula is C36H35Cl2F4I2N5O8. The Hall–Kier alpha value is -3.10. The van der Waals surface area contributed by atoms with E-state index in [0.29, 0.717) is 60.3 Å². The summed E-state index contributed by atoms with van der Waals surface area (Å²) in [6.45, 7) is 1.86. The molecule has 0 aromatic heterocycles. The van der Waals surface area contributed by atoms with Crippen molar-refractivity contribution in [3.8, 4) is 0 Å². The number of amides is 2. The molecule has 0 saturated carbocycles. The number of anilines is 4. The van der Waals surface area contributed by atoms with E-state index < -0.39 is 53.9 Å². The Kier molecular flexibility index (Phi) is 18.7. The van der Waals surface area contributed by atoms with Crippen molar-refractivity contribution in [2.24, 2.45) is 0 Å². The lowest BCUT2D eigenvalue weighted by atomic mass is 10.1. The number of nitrogens with zero attached hydrogens (tertiary/aromatic N) is 1. The van der Waals surface area contributed by atoms with Gasteiger partial charge in [0.05, 0.1) is 69.8 Å². The molecule has 2 atom stereocenters. The van der Waals surface area contributed by atoms with Crippen LogP contribution < -0.4 is 21.6 Å². The van der Waals surface area contributed by atoms with Crippen molar-refractivity contribution in [1.29, 1.82) is 0 Å². The maximum atomic E-state index is 13.8. The van der Waals surface area contributed by atoms with Crippen molar-refractivity contribution in [1.82, 2.24) is 15.9 Å². The van der Waals surface area contributed by atoms with E-state index in [1.165, 1.54) is 0 Å². The number of aliphatic hydroxyl groups excluding tert-OH is 3. The molecule has 5 rings (SSSR count). The third-order valence-corrected chi connectivity index (χ3v) is 9.64. The van der Waals surface area contributed by atoms with Crippen molar-refractivity contribution < 1.29 is 56.9 Å². The van der Waals surface area contributed by atoms with Crippen LogP contribution in [0.5, 0.6) is 0 Å². The topological polar surface area (TPSA) is 174 Å². The maximum absolute atomic E-state index is 13.8. The van der Waals surface area contributed by atoms with E-state index in [2.05, 4.69) is 61.3 Å². The summed E-state index contributed by atoms with van der Waals surface area (Å²) in [4.78, 5) is 36.5. The van der Waals surface area contributed by atoms with Crippen LogP contribution in [0.4, 0.5) is 40.3 Å². The van der Waals surface area contributed by atoms with Gasteiger partial charge in [0.2, 0.25) is 0 Å². The van der Waals surface area contributed by atoms with Crippen molar-refractivity contribution in [3.63, 3.8) is 0 Å². The molecule has 1 aliphatic heterocycles. The second kappa shape index (κ2) is 22.9. The average molecular weight is 1070 g/mol. The number of nitrogens with one attached hydrogen (secondary N) is 4. The minimum absolute atomic E-state index is 0.0111. The monoisotopic (exact) mass is 1060 g/mol. The molecule has 0 radical (unpaired) electrons. The van der Waals surface area contributed by atoms with Gasteiger partial charge in [-0.1, -0.05) is 23.2 Å². The molecule has 1 heterocycles. The standard InChI is InChI=1S/C20H21ClF2IN3O4.C16H14ClF2IN2O4/c21-15-7-12(24)1-2-18(15)25-19-9-17(23)16(22)8-14(19)20(29)26-31-11-13(28)10-27-3-5-30-6-4-27;17-11-3-8(20)1-2-14(11)21-15-5-13(19)12(18)4-10(15)16(25)22-26-7-9(24)6-23/h1-2,7-9,13,25,28H,3-6,10-11H2,(H,26,29);1-5,9,21,23-24H,6-7H2,(H,22,25). The molecule has 1 aliphatic rings. The van der Waals surface area contributed by atoms with Gasteiger partial charge in [0.25, 0.3) is 11.8 Å². The van der Waals surface area contributed by atoms with Crippen LogP contribution in [0.15, 0.2) is 60.7 Å². The zero-order valence-electron chi connectivity index (χ0n) is 29.4. The predicted octanol–water partition coefficient (Wildman–Crippen LogP) is 6.30. The largest absolute Gasteiger partial charge is 0.394 e. The molecule has 1 fully saturated rings. The lowest BCUT2D eigenvalue weighted by Crippen LogP contribution is -2.42. The number of ether oxygens (including phenoxy) is 1. The molecule has 2 unspecified atom stereocenters. The first-order valence-corrected chi connectivity index (χ1v) is 19.6. The third kappa shape index (κ3) is 14.6. The Bertz CT molecular complexity index is 2020. The predicted molar refractivity (Wildman–Crippen MR) is 221 cm³/mol. The van der Waals surface area contributed by atoms with Crippen LogP contribution >= 0.6 is 68.4 Å². The molecule has 0 spiro atoms. The molecule has 57 heavy (non-hydrogen) atoms. The third-order valence-electron chi connectivity index (χ3n) is 7.68. The van der Waals surface area contributed by atoms with E-state index >= 15 is 0 Å². The summed E-state index contributed by atoms with van der Waals surface area (Å²) in [6, 6.07) is 13.3. The van der Waals surface area contributed by atoms with Gasteiger partial charge in [-0.2, -0.15) is 0 Å². The summed E-state index contributed by atoms with van der Waals surface area (Å²) in [5, 5.41) is 34.2. The van der Waals surface area contributed by atoms with E-state index in [9.17, 15) is 32.3 Å². The van der Waals surface area contributed by atoms with Crippen LogP contribution in [0.2, 0.25) is 10.0 Å². The number of hydrogen-bond acceptors (Lipinski definition) is 11. The van der Waals surface area contributed by atoms with Gasteiger partial charge in [0.15, 0.2) is 23.3 Å². The normalized spacial score (nSPS) is 13.9. The van der Waals surface area contributed by atoms with Gasteiger partial charge in [0, 0.05) is 38.9 Å². The van der Waals surface area contributed by atoms with Crippen LogP contribution in [-0.2, 0) is 14.4 Å². The van der Waals surface area contributed by atoms with Crippen LogP contribution in [0.3, 0.4) is 0 Å². The molecule has 308 valence electrons. The summed E-state index contributed by atoms with van der Waals surface area (Å²) < 4.78 is 61.8. The van der Waals surface area contributed by atoms with E-state index in [1.807, 2.05) is 10.4 Å². The number of morpholine rings is 1. The zero-order valence-corrected chi connectivity index (χ0v) is 35.3. The molecule has 2 amide bonds. The van der Waals surface area contributed by atoms with Gasteiger partial charge in [-0.3, -0.25) is 24.2 Å². The molecule has 4 aromatic rings. The summed E-state index contributed by atoms with van der Waals surface area (Å²) >= 11 is 16.4. The molecule has 1 saturated heterocycles. The highest BCUT2D eigenvalue weighted by Crippen LogP contribution is 2.31. The zero-order chi connectivity index (χ0) is 41.6. The number of carbonyl (C=O) groups excluding carboxylic acids is 2. The van der Waals surface area contributed by atoms with Crippen molar-refractivity contribution in [2.75, 3.05) is 63.3 Å². The Morgan fingerprint density at radius 3 is 1.54 bits per heavy atom. The SMILES string of the molecule is O=C(NOCC(O)CN1CCOCC1)c1cc(F)c(F)cc1Nc1ccc(I)cc1Cl.O=C(NOCC(O)CO)c1cc(F)c(F)cc1Nc1ccc(I)cc1Cl. The molecule has 4 aromatic carbocycles. The molecule has 21 heteroatoms. The van der Waals surface area contributed by atoms with Gasteiger partial charge in [-0.15, -0.1) is 0 Å². The first-order valence-electron chi connectivity index (χ1n) is 16.7. The fourth-order valence-corrected chi connectivity index (χ4v) is 6.66. The number of hydrogen-bond donors (Lipinski definition) is 7. The Balaban J connectivity index is 0.000000257. The van der Waals surface area contributed by atoms with Gasteiger partial charge in [-0.05, 0) is 93.7 Å². The van der Waals surface area contributed by atoms with Crippen LogP contribution in [-0.4, -0.2) is 96.9 Å². The lowest BCUT2D eigenvalue weighted by Gasteiger charge is -2.28. The number of β-amino-alcohol motifs (C(OH)–C–C–N with tert-alkyl or cyclic N) is 1. The number of aliphatic hydroxyl groups is 3. The highest BCUT2D eigenvalue weighted by Gasteiger charge is 2.21. The fourth-order valence-electron chi connectivity index (χ4n) is 4.85. The number of carbonyl (C=O) groups is 2. The minimum atomic E-state index is -1.22. The second-order valence-electron chi connectivity index (χ2n) is 12.0. The first-order chi connectivity index (χ1) is 27.1. The van der Waals surface area contributed by atoms with E-state index in [-0.39, 0.29) is 35.7 Å². The van der Waals surface area contributed by atoms with E-state index in [1.54, 1.807) is 36.4 Å². The number of hydroxylamine groups is 2. The second-order valence-corrected chi connectivity index (χ2v) is 15.3. The van der Waals surface area contributed by atoms with Gasteiger partial charge < -0.3 is 30.7 Å². The van der Waals surface area contributed by atoms with Gasteiger partial charge in [-0.25, -0.2) is 28.5 Å². The summed E-state index contributed by atoms with van der Waals surface area (Å²) in [7, 11) is 0. The number of rotatable bonds is 15. The van der Waals surface area contributed by atoms with Crippen molar-refractivity contribution in [2.45, 2.75) is 12.2 Å². The first kappa shape index (κ1) is 46.6. The quantitative estimate of drug-likeness (QED) is 0.0405. The molecule has 13 nitrogen and oxygen atoms in total. The number of benzene rings is 4. The van der Waals surface area contributed by atoms with Crippen LogP contribution in [0, 0.1) is 30.4 Å². The highest BCUT2D eigenvalue weighted by atomic mass is 127. The minimum Gasteiger partial charge on any atom is -0.394 e. The van der Waals surface area contributed by atoms with Gasteiger partial charge in [0.1, 0.15) is 19.3 Å². The summed E-state index contributed by atoms with van der Waals surface area (Å²) in [6.07, 6.45) is -2.03. The smallest absolute Gasteiger partial charge is 0.277 e. The molecular weight excluding hydrogens is 1030 g/mol. The Morgan fingerprint density at radius 1 is 0.702 bits per heavy atom. The van der Waals surface area contributed by atoms with E-state index in [0.717, 1.165) is 25.3 Å². The summed E-state index contributed by atoms with van der Waals surface area (Å²) in [5.74, 6) is -6.36. The average Bonchev–Trinajstić information content (AvgIpc) is 3.17. The Morgan fingerprint density at radius 2 is 1.12 bits per heavy atom. The molecule has 0 aliphatic carbocycles. The molecule has 0 bridgehead atoms. The highest BCUT2D eigenvalue weighted by molar-refractivity contribution is 14.1. The molecule has 7 N–H and O–H groups in total. The fraction of sp³-hybridized carbons (Fsp3) is 0.278. The summed E-state index contributed by atoms with van der Waals surface area (Å²) in [5.41, 5.74) is 4.51. The maximum Gasteiger partial charge on any atom is 0.277 e.